The first-order valence-corrected chi connectivity index (χ1v) is 9.87. The van der Waals surface area contributed by atoms with Crippen molar-refractivity contribution in [3.8, 4) is 0 Å². The zero-order chi connectivity index (χ0) is 15.7. The average molecular weight is 430 g/mol. The maximum absolute atomic E-state index is 3.91. The molecule has 0 radical (unpaired) electrons. The summed E-state index contributed by atoms with van der Waals surface area (Å²) in [5, 5.41) is 0. The van der Waals surface area contributed by atoms with Gasteiger partial charge >= 0.3 is 0 Å². The normalized spacial score (nSPS) is 13.2. The van der Waals surface area contributed by atoms with E-state index in [0.29, 0.717) is 11.8 Å². The summed E-state index contributed by atoms with van der Waals surface area (Å²) >= 11 is 9.36. The molecule has 0 aliphatic heterocycles. The van der Waals surface area contributed by atoms with E-state index in [1.165, 1.54) is 30.9 Å². The highest BCUT2D eigenvalue weighted by molar-refractivity contribution is 9.11. The minimum absolute atomic E-state index is 0.270. The molecular formula is C18H22Br2S. The third-order valence-corrected chi connectivity index (χ3v) is 7.29. The molecule has 1 atom stereocenters. The molecule has 2 aromatic rings. The SMILES string of the molecule is Cc1cc(C(Br)c2ccc(C(C)C)cc2C(C)C)sc1Br. The molecule has 0 amide bonds. The van der Waals surface area contributed by atoms with Gasteiger partial charge in [0.15, 0.2) is 0 Å². The fraction of sp³-hybridized carbons (Fsp3) is 0.444. The molecule has 0 aliphatic carbocycles. The number of benzene rings is 1. The maximum Gasteiger partial charge on any atom is 0.0741 e. The number of halogens is 2. The van der Waals surface area contributed by atoms with E-state index in [2.05, 4.69) is 90.7 Å². The van der Waals surface area contributed by atoms with Crippen LogP contribution in [0, 0.1) is 6.92 Å². The van der Waals surface area contributed by atoms with Crippen LogP contribution < -0.4 is 0 Å². The quantitative estimate of drug-likeness (QED) is 0.440. The lowest BCUT2D eigenvalue weighted by atomic mass is 9.90. The van der Waals surface area contributed by atoms with Crippen LogP contribution in [0.15, 0.2) is 28.1 Å². The third kappa shape index (κ3) is 3.80. The summed E-state index contributed by atoms with van der Waals surface area (Å²) in [5.41, 5.74) is 5.57. The van der Waals surface area contributed by atoms with Crippen LogP contribution >= 0.6 is 43.2 Å². The number of hydrogen-bond acceptors (Lipinski definition) is 1. The highest BCUT2D eigenvalue weighted by Gasteiger charge is 2.19. The number of rotatable bonds is 4. The second-order valence-electron chi connectivity index (χ2n) is 6.17. The Hall–Kier alpha value is -0.120. The van der Waals surface area contributed by atoms with Gasteiger partial charge in [0.2, 0.25) is 0 Å². The molecule has 1 heterocycles. The number of alkyl halides is 1. The number of hydrogen-bond donors (Lipinski definition) is 0. The molecule has 0 bridgehead atoms. The standard InChI is InChI=1S/C18H22Br2S/c1-10(2)13-6-7-14(15(9-13)11(3)4)17(19)16-8-12(5)18(20)21-16/h6-11,17H,1-5H3. The minimum atomic E-state index is 0.270. The molecule has 1 unspecified atom stereocenters. The van der Waals surface area contributed by atoms with Crippen LogP contribution in [0.2, 0.25) is 0 Å². The fourth-order valence-electron chi connectivity index (χ4n) is 2.44. The lowest BCUT2D eigenvalue weighted by Gasteiger charge is -2.19. The first-order valence-electron chi connectivity index (χ1n) is 7.34. The Balaban J connectivity index is 2.47. The van der Waals surface area contributed by atoms with E-state index in [4.69, 9.17) is 0 Å². The maximum atomic E-state index is 3.91. The zero-order valence-electron chi connectivity index (χ0n) is 13.2. The Morgan fingerprint density at radius 2 is 1.62 bits per heavy atom. The van der Waals surface area contributed by atoms with E-state index >= 15 is 0 Å². The lowest BCUT2D eigenvalue weighted by Crippen LogP contribution is -2.01. The smallest absolute Gasteiger partial charge is 0.0741 e. The second-order valence-corrected chi connectivity index (χ2v) is 9.48. The summed E-state index contributed by atoms with van der Waals surface area (Å²) in [7, 11) is 0. The molecule has 1 aromatic heterocycles. The molecule has 0 N–H and O–H groups in total. The molecule has 0 fully saturated rings. The van der Waals surface area contributed by atoms with E-state index in [1.807, 2.05) is 11.3 Å². The number of thiophene rings is 1. The van der Waals surface area contributed by atoms with Gasteiger partial charge in [-0.2, -0.15) is 0 Å². The second kappa shape index (κ2) is 6.97. The number of aryl methyl sites for hydroxylation is 1. The average Bonchev–Trinajstić information content (AvgIpc) is 2.77. The molecule has 0 saturated carbocycles. The van der Waals surface area contributed by atoms with Gasteiger partial charge in [-0.1, -0.05) is 61.8 Å². The van der Waals surface area contributed by atoms with Crippen LogP contribution in [0.25, 0.3) is 0 Å². The highest BCUT2D eigenvalue weighted by atomic mass is 79.9. The summed E-state index contributed by atoms with van der Waals surface area (Å²) < 4.78 is 1.23. The first kappa shape index (κ1) is 17.2. The van der Waals surface area contributed by atoms with Crippen molar-refractivity contribution >= 4 is 43.2 Å². The van der Waals surface area contributed by atoms with Crippen LogP contribution in [-0.2, 0) is 0 Å². The van der Waals surface area contributed by atoms with Gasteiger partial charge in [-0.15, -0.1) is 11.3 Å². The van der Waals surface area contributed by atoms with Gasteiger partial charge in [-0.05, 0) is 63.0 Å². The van der Waals surface area contributed by atoms with Gasteiger partial charge in [0.25, 0.3) is 0 Å². The lowest BCUT2D eigenvalue weighted by molar-refractivity contribution is 0.821. The third-order valence-electron chi connectivity index (χ3n) is 3.80. The van der Waals surface area contributed by atoms with Crippen LogP contribution in [0.4, 0.5) is 0 Å². The Morgan fingerprint density at radius 1 is 0.952 bits per heavy atom. The van der Waals surface area contributed by atoms with Crippen molar-refractivity contribution < 1.29 is 0 Å². The Labute approximate surface area is 149 Å². The van der Waals surface area contributed by atoms with Crippen molar-refractivity contribution in [2.75, 3.05) is 0 Å². The molecule has 1 aromatic carbocycles. The Kier molecular flexibility index (Phi) is 5.72. The summed E-state index contributed by atoms with van der Waals surface area (Å²) in [6.07, 6.45) is 0. The topological polar surface area (TPSA) is 0 Å². The molecular weight excluding hydrogens is 408 g/mol. The van der Waals surface area contributed by atoms with E-state index in [-0.39, 0.29) is 4.83 Å². The molecule has 0 saturated heterocycles. The van der Waals surface area contributed by atoms with E-state index in [9.17, 15) is 0 Å². The summed E-state index contributed by atoms with van der Waals surface area (Å²) in [4.78, 5) is 1.63. The van der Waals surface area contributed by atoms with Crippen LogP contribution in [-0.4, -0.2) is 0 Å². The van der Waals surface area contributed by atoms with E-state index in [0.717, 1.165) is 0 Å². The highest BCUT2D eigenvalue weighted by Crippen LogP contribution is 2.42. The van der Waals surface area contributed by atoms with Gasteiger partial charge in [0.1, 0.15) is 0 Å². The fourth-order valence-corrected chi connectivity index (χ4v) is 4.84. The summed E-state index contributed by atoms with van der Waals surface area (Å²) in [6, 6.07) is 9.23. The summed E-state index contributed by atoms with van der Waals surface area (Å²) in [6.45, 7) is 11.2. The molecule has 0 spiro atoms. The van der Waals surface area contributed by atoms with Crippen molar-refractivity contribution in [3.05, 3.63) is 55.2 Å². The van der Waals surface area contributed by atoms with Crippen LogP contribution in [0.1, 0.15) is 71.5 Å². The van der Waals surface area contributed by atoms with Crippen molar-refractivity contribution in [1.82, 2.24) is 0 Å². The molecule has 3 heteroatoms. The van der Waals surface area contributed by atoms with Gasteiger partial charge in [0.05, 0.1) is 8.61 Å². The van der Waals surface area contributed by atoms with Crippen molar-refractivity contribution in [2.45, 2.75) is 51.3 Å². The van der Waals surface area contributed by atoms with E-state index in [1.54, 1.807) is 0 Å². The monoisotopic (exact) mass is 428 g/mol. The zero-order valence-corrected chi connectivity index (χ0v) is 17.2. The van der Waals surface area contributed by atoms with E-state index < -0.39 is 0 Å². The Bertz CT molecular complexity index is 607. The molecule has 114 valence electrons. The Morgan fingerprint density at radius 3 is 2.10 bits per heavy atom. The van der Waals surface area contributed by atoms with Crippen molar-refractivity contribution in [3.63, 3.8) is 0 Å². The van der Waals surface area contributed by atoms with Crippen molar-refractivity contribution in [2.24, 2.45) is 0 Å². The molecule has 2 rings (SSSR count). The van der Waals surface area contributed by atoms with Crippen molar-refractivity contribution in [1.29, 1.82) is 0 Å². The van der Waals surface area contributed by atoms with Gasteiger partial charge < -0.3 is 0 Å². The van der Waals surface area contributed by atoms with Crippen LogP contribution in [0.3, 0.4) is 0 Å². The summed E-state index contributed by atoms with van der Waals surface area (Å²) in [5.74, 6) is 1.10. The largest absolute Gasteiger partial charge is 0.131 e. The van der Waals surface area contributed by atoms with Crippen LogP contribution in [0.5, 0.6) is 0 Å². The molecule has 0 nitrogen and oxygen atoms in total. The van der Waals surface area contributed by atoms with Gasteiger partial charge in [0, 0.05) is 4.88 Å². The molecule has 0 aliphatic rings. The van der Waals surface area contributed by atoms with Gasteiger partial charge in [-0.25, -0.2) is 0 Å². The minimum Gasteiger partial charge on any atom is -0.131 e. The first-order chi connectivity index (χ1) is 9.81. The molecule has 21 heavy (non-hydrogen) atoms. The predicted octanol–water partition coefficient (Wildman–Crippen LogP) is 7.55. The predicted molar refractivity (Wildman–Crippen MR) is 102 cm³/mol. The van der Waals surface area contributed by atoms with Gasteiger partial charge in [-0.3, -0.25) is 0 Å².